The molecule has 0 saturated carbocycles. The SMILES string of the molecule is COc1c(N)ccc(F)c1F.O=S(=O)(O)O. The Morgan fingerprint density at radius 2 is 1.75 bits per heavy atom. The number of ether oxygens (including phenoxy) is 1. The van der Waals surface area contributed by atoms with E-state index >= 15 is 0 Å². The number of methoxy groups -OCH3 is 1. The number of anilines is 1. The quantitative estimate of drug-likeness (QED) is 0.509. The van der Waals surface area contributed by atoms with Crippen LogP contribution in [0.15, 0.2) is 12.1 Å². The molecule has 9 heteroatoms. The number of benzene rings is 1. The maximum Gasteiger partial charge on any atom is 0.394 e. The summed E-state index contributed by atoms with van der Waals surface area (Å²) in [5.41, 5.74) is 5.36. The van der Waals surface area contributed by atoms with E-state index in [9.17, 15) is 8.78 Å². The molecule has 0 atom stereocenters. The van der Waals surface area contributed by atoms with Gasteiger partial charge in [-0.3, -0.25) is 9.11 Å². The number of rotatable bonds is 1. The van der Waals surface area contributed by atoms with Gasteiger partial charge in [-0.15, -0.1) is 0 Å². The molecule has 1 rings (SSSR count). The monoisotopic (exact) mass is 257 g/mol. The zero-order valence-corrected chi connectivity index (χ0v) is 8.83. The van der Waals surface area contributed by atoms with Crippen molar-refractivity contribution >= 4 is 16.1 Å². The summed E-state index contributed by atoms with van der Waals surface area (Å²) in [6.45, 7) is 0. The average molecular weight is 257 g/mol. The van der Waals surface area contributed by atoms with Gasteiger partial charge in [0.2, 0.25) is 5.82 Å². The molecule has 1 aromatic rings. The lowest BCUT2D eigenvalue weighted by Gasteiger charge is -2.04. The van der Waals surface area contributed by atoms with Crippen LogP contribution < -0.4 is 10.5 Å². The van der Waals surface area contributed by atoms with Gasteiger partial charge in [0.1, 0.15) is 0 Å². The van der Waals surface area contributed by atoms with Gasteiger partial charge in [0.25, 0.3) is 0 Å². The van der Waals surface area contributed by atoms with Crippen LogP contribution in [-0.4, -0.2) is 24.6 Å². The smallest absolute Gasteiger partial charge is 0.394 e. The topological polar surface area (TPSA) is 110 Å². The second-order valence-corrected chi connectivity index (χ2v) is 3.33. The van der Waals surface area contributed by atoms with Gasteiger partial charge in [-0.25, -0.2) is 4.39 Å². The molecular formula is C7H9F2NO5S. The summed E-state index contributed by atoms with van der Waals surface area (Å²) in [6.07, 6.45) is 0. The van der Waals surface area contributed by atoms with Gasteiger partial charge in [-0.05, 0) is 12.1 Å². The summed E-state index contributed by atoms with van der Waals surface area (Å²) in [4.78, 5) is 0. The van der Waals surface area contributed by atoms with E-state index in [1.54, 1.807) is 0 Å². The molecule has 6 nitrogen and oxygen atoms in total. The Bertz CT molecular complexity index is 454. The van der Waals surface area contributed by atoms with Crippen molar-refractivity contribution in [1.82, 2.24) is 0 Å². The highest BCUT2D eigenvalue weighted by Gasteiger charge is 2.11. The van der Waals surface area contributed by atoms with Crippen LogP contribution in [0, 0.1) is 11.6 Å². The summed E-state index contributed by atoms with van der Waals surface area (Å²) >= 11 is 0. The Labute approximate surface area is 90.2 Å². The average Bonchev–Trinajstić information content (AvgIpc) is 2.10. The van der Waals surface area contributed by atoms with Crippen molar-refractivity contribution in [2.45, 2.75) is 0 Å². The first-order valence-corrected chi connectivity index (χ1v) is 5.04. The normalized spacial score (nSPS) is 10.3. The molecule has 0 fully saturated rings. The molecule has 92 valence electrons. The van der Waals surface area contributed by atoms with E-state index < -0.39 is 22.0 Å². The lowest BCUT2D eigenvalue weighted by molar-refractivity contribution is 0.374. The van der Waals surface area contributed by atoms with Gasteiger partial charge in [0, 0.05) is 0 Å². The number of halogens is 2. The van der Waals surface area contributed by atoms with Crippen molar-refractivity contribution in [1.29, 1.82) is 0 Å². The van der Waals surface area contributed by atoms with Crippen LogP contribution in [-0.2, 0) is 10.4 Å². The van der Waals surface area contributed by atoms with Crippen LogP contribution in [0.2, 0.25) is 0 Å². The number of hydrogen-bond donors (Lipinski definition) is 3. The standard InChI is InChI=1S/C7H7F2NO.H2O4S/c1-11-7-5(10)3-2-4(8)6(7)9;1-5(2,3)4/h2-3H,10H2,1H3;(H2,1,2,3,4). The molecule has 0 aromatic heterocycles. The molecule has 0 spiro atoms. The Kier molecular flexibility index (Phi) is 5.08. The molecule has 0 amide bonds. The van der Waals surface area contributed by atoms with Crippen LogP contribution in [0.3, 0.4) is 0 Å². The van der Waals surface area contributed by atoms with Gasteiger partial charge >= 0.3 is 10.4 Å². The fourth-order valence-electron chi connectivity index (χ4n) is 0.754. The van der Waals surface area contributed by atoms with Crippen molar-refractivity contribution in [3.63, 3.8) is 0 Å². The molecule has 16 heavy (non-hydrogen) atoms. The zero-order valence-electron chi connectivity index (χ0n) is 8.02. The van der Waals surface area contributed by atoms with Crippen LogP contribution in [0.25, 0.3) is 0 Å². The van der Waals surface area contributed by atoms with Crippen molar-refractivity contribution in [2.24, 2.45) is 0 Å². The summed E-state index contributed by atoms with van der Waals surface area (Å²) in [7, 11) is -3.44. The first-order valence-electron chi connectivity index (χ1n) is 3.64. The molecule has 0 unspecified atom stereocenters. The highest BCUT2D eigenvalue weighted by Crippen LogP contribution is 2.26. The third kappa shape index (κ3) is 5.44. The largest absolute Gasteiger partial charge is 0.491 e. The predicted octanol–water partition coefficient (Wildman–Crippen LogP) is 0.903. The molecule has 0 bridgehead atoms. The van der Waals surface area contributed by atoms with E-state index in [4.69, 9.17) is 23.3 Å². The molecule has 0 radical (unpaired) electrons. The van der Waals surface area contributed by atoms with E-state index in [0.29, 0.717) is 0 Å². The summed E-state index contributed by atoms with van der Waals surface area (Å²) < 4.78 is 61.2. The lowest BCUT2D eigenvalue weighted by Crippen LogP contribution is -1.97. The highest BCUT2D eigenvalue weighted by molar-refractivity contribution is 7.79. The molecule has 0 aliphatic carbocycles. The molecule has 4 N–H and O–H groups in total. The first kappa shape index (κ1) is 14.6. The predicted molar refractivity (Wildman–Crippen MR) is 51.5 cm³/mol. The van der Waals surface area contributed by atoms with Gasteiger partial charge in [0.15, 0.2) is 11.6 Å². The van der Waals surface area contributed by atoms with Gasteiger partial charge in [0.05, 0.1) is 12.8 Å². The Hall–Kier alpha value is -1.45. The second-order valence-electron chi connectivity index (χ2n) is 2.43. The Morgan fingerprint density at radius 3 is 2.06 bits per heavy atom. The lowest BCUT2D eigenvalue weighted by atomic mass is 10.3. The van der Waals surface area contributed by atoms with Crippen molar-refractivity contribution in [2.75, 3.05) is 12.8 Å². The number of nitrogen functional groups attached to an aromatic ring is 1. The minimum Gasteiger partial charge on any atom is -0.491 e. The number of hydrogen-bond acceptors (Lipinski definition) is 4. The van der Waals surface area contributed by atoms with Crippen molar-refractivity contribution in [3.8, 4) is 5.75 Å². The fraction of sp³-hybridized carbons (Fsp3) is 0.143. The summed E-state index contributed by atoms with van der Waals surface area (Å²) in [5.74, 6) is -2.26. The third-order valence-corrected chi connectivity index (χ3v) is 1.28. The van der Waals surface area contributed by atoms with Crippen LogP contribution in [0.5, 0.6) is 5.75 Å². The number of nitrogens with two attached hydrogens (primary N) is 1. The maximum atomic E-state index is 12.7. The van der Waals surface area contributed by atoms with Gasteiger partial charge in [-0.1, -0.05) is 0 Å². The van der Waals surface area contributed by atoms with E-state index in [2.05, 4.69) is 4.74 Å². The van der Waals surface area contributed by atoms with E-state index in [-0.39, 0.29) is 11.4 Å². The van der Waals surface area contributed by atoms with Gasteiger partial charge in [-0.2, -0.15) is 12.8 Å². The molecule has 0 aliphatic heterocycles. The molecule has 1 aromatic carbocycles. The summed E-state index contributed by atoms with van der Waals surface area (Å²) in [6, 6.07) is 2.20. The van der Waals surface area contributed by atoms with Crippen molar-refractivity contribution in [3.05, 3.63) is 23.8 Å². The highest BCUT2D eigenvalue weighted by atomic mass is 32.3. The van der Waals surface area contributed by atoms with E-state index in [0.717, 1.165) is 6.07 Å². The second kappa shape index (κ2) is 5.58. The molecule has 0 aliphatic rings. The molecular weight excluding hydrogens is 248 g/mol. The van der Waals surface area contributed by atoms with E-state index in [1.165, 1.54) is 13.2 Å². The minimum absolute atomic E-state index is 0.0893. The fourth-order valence-corrected chi connectivity index (χ4v) is 0.754. The molecule has 0 heterocycles. The van der Waals surface area contributed by atoms with Crippen LogP contribution in [0.1, 0.15) is 0 Å². The minimum atomic E-state index is -4.67. The van der Waals surface area contributed by atoms with Crippen LogP contribution >= 0.6 is 0 Å². The van der Waals surface area contributed by atoms with E-state index in [1.807, 2.05) is 0 Å². The Morgan fingerprint density at radius 1 is 1.31 bits per heavy atom. The maximum absolute atomic E-state index is 12.7. The Balaban J connectivity index is 0.000000385. The molecule has 0 saturated heterocycles. The van der Waals surface area contributed by atoms with Crippen LogP contribution in [0.4, 0.5) is 14.5 Å². The van der Waals surface area contributed by atoms with Crippen molar-refractivity contribution < 1.29 is 31.0 Å². The summed E-state index contributed by atoms with van der Waals surface area (Å²) in [5, 5.41) is 0. The van der Waals surface area contributed by atoms with Gasteiger partial charge < -0.3 is 10.5 Å². The zero-order chi connectivity index (χ0) is 12.9. The first-order chi connectivity index (χ1) is 7.16. The third-order valence-electron chi connectivity index (χ3n) is 1.28.